The molecule has 0 fully saturated rings. The van der Waals surface area contributed by atoms with Crippen molar-refractivity contribution < 1.29 is 14.9 Å². The van der Waals surface area contributed by atoms with E-state index in [1.807, 2.05) is 38.1 Å². The van der Waals surface area contributed by atoms with Crippen molar-refractivity contribution in [2.45, 2.75) is 51.7 Å². The Morgan fingerprint density at radius 3 is 2.43 bits per heavy atom. The summed E-state index contributed by atoms with van der Waals surface area (Å²) in [6.45, 7) is 7.29. The van der Waals surface area contributed by atoms with Crippen LogP contribution in [-0.2, 0) is 6.42 Å². The second-order valence-corrected chi connectivity index (χ2v) is 5.90. The average molecular weight is 295 g/mol. The highest BCUT2D eigenvalue weighted by Gasteiger charge is 2.25. The Labute approximate surface area is 128 Å². The van der Waals surface area contributed by atoms with Crippen LogP contribution in [0.25, 0.3) is 0 Å². The summed E-state index contributed by atoms with van der Waals surface area (Å²) in [4.78, 5) is 0. The number of aliphatic hydroxyl groups excluding tert-OH is 2. The molecule has 21 heavy (non-hydrogen) atoms. The third-order valence-electron chi connectivity index (χ3n) is 3.55. The molecule has 4 nitrogen and oxygen atoms in total. The van der Waals surface area contributed by atoms with Crippen LogP contribution in [0.4, 0.5) is 0 Å². The molecule has 2 atom stereocenters. The van der Waals surface area contributed by atoms with Crippen molar-refractivity contribution >= 4 is 0 Å². The Morgan fingerprint density at radius 1 is 1.24 bits per heavy atom. The van der Waals surface area contributed by atoms with Gasteiger partial charge in [0.1, 0.15) is 5.75 Å². The van der Waals surface area contributed by atoms with Gasteiger partial charge in [-0.2, -0.15) is 0 Å². The fourth-order valence-electron chi connectivity index (χ4n) is 2.39. The zero-order chi connectivity index (χ0) is 15.7. The van der Waals surface area contributed by atoms with Crippen molar-refractivity contribution in [1.29, 1.82) is 0 Å². The van der Waals surface area contributed by atoms with Crippen LogP contribution in [0.3, 0.4) is 0 Å². The normalized spacial score (nSPS) is 15.5. The first-order chi connectivity index (χ1) is 10.0. The van der Waals surface area contributed by atoms with Crippen molar-refractivity contribution in [3.63, 3.8) is 0 Å². The third kappa shape index (κ3) is 6.46. The first kappa shape index (κ1) is 18.0. The topological polar surface area (TPSA) is 61.7 Å². The molecule has 1 aromatic carbocycles. The number of rotatable bonds is 10. The minimum absolute atomic E-state index is 0.00944. The molecular weight excluding hydrogens is 266 g/mol. The van der Waals surface area contributed by atoms with Crippen molar-refractivity contribution in [2.75, 3.05) is 19.8 Å². The van der Waals surface area contributed by atoms with Gasteiger partial charge in [0.15, 0.2) is 0 Å². The lowest BCUT2D eigenvalue weighted by Gasteiger charge is -2.31. The van der Waals surface area contributed by atoms with Gasteiger partial charge in [0.05, 0.1) is 12.7 Å². The highest BCUT2D eigenvalue weighted by molar-refractivity contribution is 5.27. The van der Waals surface area contributed by atoms with Gasteiger partial charge < -0.3 is 20.3 Å². The van der Waals surface area contributed by atoms with Gasteiger partial charge in [-0.3, -0.25) is 0 Å². The average Bonchev–Trinajstić information content (AvgIpc) is 2.47. The molecule has 0 bridgehead atoms. The Morgan fingerprint density at radius 2 is 1.90 bits per heavy atom. The van der Waals surface area contributed by atoms with E-state index in [4.69, 9.17) is 9.84 Å². The van der Waals surface area contributed by atoms with E-state index in [1.165, 1.54) is 0 Å². The molecule has 1 aromatic rings. The molecule has 0 radical (unpaired) electrons. The molecule has 0 saturated heterocycles. The summed E-state index contributed by atoms with van der Waals surface area (Å²) in [6, 6.07) is 7.80. The van der Waals surface area contributed by atoms with E-state index in [0.29, 0.717) is 6.42 Å². The maximum absolute atomic E-state index is 9.58. The lowest BCUT2D eigenvalue weighted by molar-refractivity contribution is 0.110. The minimum Gasteiger partial charge on any atom is -0.491 e. The van der Waals surface area contributed by atoms with Crippen LogP contribution < -0.4 is 10.1 Å². The number of ether oxygens (including phenoxy) is 1. The number of hydrogen-bond acceptors (Lipinski definition) is 4. The largest absolute Gasteiger partial charge is 0.491 e. The molecule has 0 aromatic heterocycles. The molecule has 0 saturated carbocycles. The Balaban J connectivity index is 2.53. The quantitative estimate of drug-likeness (QED) is 0.619. The van der Waals surface area contributed by atoms with Crippen LogP contribution in [0.1, 0.15) is 39.2 Å². The summed E-state index contributed by atoms with van der Waals surface area (Å²) < 4.78 is 5.91. The van der Waals surface area contributed by atoms with Gasteiger partial charge in [-0.15, -0.1) is 0 Å². The molecule has 0 spiro atoms. The summed E-state index contributed by atoms with van der Waals surface area (Å²) >= 11 is 0. The van der Waals surface area contributed by atoms with Crippen molar-refractivity contribution in [3.05, 3.63) is 29.8 Å². The predicted molar refractivity (Wildman–Crippen MR) is 85.7 cm³/mol. The summed E-state index contributed by atoms with van der Waals surface area (Å²) in [6.07, 6.45) is 2.45. The maximum Gasteiger partial charge on any atom is 0.119 e. The van der Waals surface area contributed by atoms with Gasteiger partial charge in [0.25, 0.3) is 0 Å². The second kappa shape index (κ2) is 9.03. The van der Waals surface area contributed by atoms with E-state index in [1.54, 1.807) is 0 Å². The van der Waals surface area contributed by atoms with Crippen molar-refractivity contribution in [2.24, 2.45) is 0 Å². The van der Waals surface area contributed by atoms with Gasteiger partial charge in [-0.1, -0.05) is 19.1 Å². The van der Waals surface area contributed by atoms with Gasteiger partial charge in [-0.05, 0) is 50.9 Å². The molecule has 2 unspecified atom stereocenters. The van der Waals surface area contributed by atoms with E-state index in [0.717, 1.165) is 30.7 Å². The molecule has 0 aliphatic rings. The number of nitrogens with one attached hydrogen (secondary N) is 1. The molecular formula is C17H29NO3. The lowest BCUT2D eigenvalue weighted by atomic mass is 9.95. The second-order valence-electron chi connectivity index (χ2n) is 5.90. The first-order valence-electron chi connectivity index (χ1n) is 7.75. The highest BCUT2D eigenvalue weighted by Crippen LogP contribution is 2.19. The van der Waals surface area contributed by atoms with Crippen LogP contribution >= 0.6 is 0 Å². The number of aliphatic hydroxyl groups is 2. The zero-order valence-corrected chi connectivity index (χ0v) is 13.4. The third-order valence-corrected chi connectivity index (χ3v) is 3.55. The van der Waals surface area contributed by atoms with Crippen molar-refractivity contribution in [3.8, 4) is 5.75 Å². The van der Waals surface area contributed by atoms with E-state index < -0.39 is 0 Å². The van der Waals surface area contributed by atoms with Crippen LogP contribution in [0.5, 0.6) is 5.75 Å². The van der Waals surface area contributed by atoms with Crippen LogP contribution in [-0.4, -0.2) is 41.6 Å². The number of benzene rings is 1. The fourth-order valence-corrected chi connectivity index (χ4v) is 2.39. The van der Waals surface area contributed by atoms with Gasteiger partial charge in [0, 0.05) is 18.6 Å². The molecule has 0 amide bonds. The number of hydrogen-bond donors (Lipinski definition) is 3. The fraction of sp³-hybridized carbons (Fsp3) is 0.647. The summed E-state index contributed by atoms with van der Waals surface area (Å²) in [5.41, 5.74) is 0.786. The highest BCUT2D eigenvalue weighted by atomic mass is 16.5. The predicted octanol–water partition coefficient (Wildman–Crippen LogP) is 2.13. The zero-order valence-electron chi connectivity index (χ0n) is 13.4. The molecule has 0 aliphatic carbocycles. The minimum atomic E-state index is -0.313. The monoisotopic (exact) mass is 295 g/mol. The SMILES string of the molecule is CCCNC(C)(CO)CC(C)Oc1ccc(CCO)cc1. The van der Waals surface area contributed by atoms with Gasteiger partial charge in [0.2, 0.25) is 0 Å². The standard InChI is InChI=1S/C17H29NO3/c1-4-10-18-17(3,13-20)12-14(2)21-16-7-5-15(6-8-16)9-11-19/h5-8,14,18-20H,4,9-13H2,1-3H3. The summed E-state index contributed by atoms with van der Waals surface area (Å²) in [5, 5.41) is 21.9. The first-order valence-corrected chi connectivity index (χ1v) is 7.75. The van der Waals surface area contributed by atoms with Gasteiger partial charge >= 0.3 is 0 Å². The van der Waals surface area contributed by atoms with Gasteiger partial charge in [-0.25, -0.2) is 0 Å². The molecule has 0 aliphatic heterocycles. The molecule has 0 heterocycles. The van der Waals surface area contributed by atoms with E-state index in [-0.39, 0.29) is 24.9 Å². The Hall–Kier alpha value is -1.10. The van der Waals surface area contributed by atoms with E-state index in [9.17, 15) is 5.11 Å². The molecule has 4 heteroatoms. The Bertz CT molecular complexity index is 394. The van der Waals surface area contributed by atoms with Crippen LogP contribution in [0.2, 0.25) is 0 Å². The molecule has 120 valence electrons. The smallest absolute Gasteiger partial charge is 0.119 e. The van der Waals surface area contributed by atoms with Crippen LogP contribution in [0, 0.1) is 0 Å². The summed E-state index contributed by atoms with van der Waals surface area (Å²) in [5.74, 6) is 0.819. The Kier molecular flexibility index (Phi) is 7.72. The molecule has 1 rings (SSSR count). The van der Waals surface area contributed by atoms with Crippen LogP contribution in [0.15, 0.2) is 24.3 Å². The molecule has 3 N–H and O–H groups in total. The summed E-state index contributed by atoms with van der Waals surface area (Å²) in [7, 11) is 0. The lowest BCUT2D eigenvalue weighted by Crippen LogP contribution is -2.48. The van der Waals surface area contributed by atoms with E-state index >= 15 is 0 Å². The van der Waals surface area contributed by atoms with E-state index in [2.05, 4.69) is 12.2 Å². The van der Waals surface area contributed by atoms with Crippen molar-refractivity contribution in [1.82, 2.24) is 5.32 Å². The maximum atomic E-state index is 9.58.